The minimum Gasteiger partial charge on any atom is -0.375 e. The van der Waals surface area contributed by atoms with E-state index in [1.807, 2.05) is 6.07 Å². The lowest BCUT2D eigenvalue weighted by Crippen LogP contribution is -2.47. The summed E-state index contributed by atoms with van der Waals surface area (Å²) in [7, 11) is 0. The number of hydrogen-bond acceptors (Lipinski definition) is 9. The number of aromatic nitrogens is 2. The number of amides is 1. The molecule has 39 heavy (non-hydrogen) atoms. The molecule has 10 nitrogen and oxygen atoms in total. The van der Waals surface area contributed by atoms with Gasteiger partial charge in [-0.05, 0) is 88.5 Å². The number of nitrogens with zero attached hydrogens (tertiary/aromatic N) is 4. The minimum absolute atomic E-state index is 0.0779. The minimum atomic E-state index is -0.624. The summed E-state index contributed by atoms with van der Waals surface area (Å²) in [5.74, 6) is 0.351. The van der Waals surface area contributed by atoms with Gasteiger partial charge in [-0.1, -0.05) is 27.8 Å². The highest BCUT2D eigenvalue weighted by Crippen LogP contribution is 2.37. The Labute approximate surface area is 243 Å². The predicted octanol–water partition coefficient (Wildman–Crippen LogP) is 5.59. The molecule has 0 bridgehead atoms. The van der Waals surface area contributed by atoms with E-state index < -0.39 is 5.91 Å². The zero-order valence-corrected chi connectivity index (χ0v) is 24.7. The molecule has 210 valence electrons. The van der Waals surface area contributed by atoms with Crippen molar-refractivity contribution in [2.24, 2.45) is 10.9 Å². The number of piperidine rings is 1. The van der Waals surface area contributed by atoms with Crippen LogP contribution >= 0.6 is 22.6 Å². The number of aryl methyl sites for hydroxylation is 1. The first-order valence-corrected chi connectivity index (χ1v) is 15.5. The quantitative estimate of drug-likeness (QED) is 0.192. The molecular weight excluding hydrogens is 609 g/mol. The van der Waals surface area contributed by atoms with Crippen LogP contribution in [0.5, 0.6) is 0 Å². The zero-order valence-electron chi connectivity index (χ0n) is 22.5. The topological polar surface area (TPSA) is 135 Å². The number of carbonyl (C=O) groups excluding carboxylic acids is 1. The number of primary amides is 1. The molecule has 3 heterocycles. The van der Waals surface area contributed by atoms with Crippen LogP contribution in [0.2, 0.25) is 0 Å². The summed E-state index contributed by atoms with van der Waals surface area (Å²) in [5, 5.41) is 10.00. The molecule has 2 aliphatic heterocycles. The fourth-order valence-corrected chi connectivity index (χ4v) is 6.67. The van der Waals surface area contributed by atoms with Crippen molar-refractivity contribution in [3.05, 3.63) is 40.1 Å². The van der Waals surface area contributed by atoms with Crippen LogP contribution in [0.25, 0.3) is 0 Å². The van der Waals surface area contributed by atoms with Crippen LogP contribution in [-0.4, -0.2) is 53.3 Å². The SMILES string of the molecule is Cc1cc(Nc2nc(NC3CCC(N=O)CC3)c(CI)nc2C(N)=O)ccc1N1CCC2(CCCCO2)CC1. The van der Waals surface area contributed by atoms with E-state index >= 15 is 0 Å². The van der Waals surface area contributed by atoms with Crippen LogP contribution in [0.1, 0.15) is 79.5 Å². The Bertz CT molecular complexity index is 1190. The number of benzene rings is 1. The number of nitroso groups, excluding NO2 is 1. The maximum Gasteiger partial charge on any atom is 0.271 e. The Hall–Kier alpha value is -2.54. The normalized spacial score (nSPS) is 22.9. The highest BCUT2D eigenvalue weighted by molar-refractivity contribution is 14.1. The van der Waals surface area contributed by atoms with Crippen molar-refractivity contribution in [3.8, 4) is 0 Å². The Kier molecular flexibility index (Phi) is 8.85. The second kappa shape index (κ2) is 12.3. The average Bonchev–Trinajstić information content (AvgIpc) is 2.95. The van der Waals surface area contributed by atoms with Crippen LogP contribution in [0, 0.1) is 11.8 Å². The maximum atomic E-state index is 12.3. The number of rotatable bonds is 8. The lowest BCUT2D eigenvalue weighted by molar-refractivity contribution is -0.0920. The van der Waals surface area contributed by atoms with Gasteiger partial charge in [0.1, 0.15) is 0 Å². The molecular formula is C28H38IN7O3. The van der Waals surface area contributed by atoms with Crippen LogP contribution in [0.3, 0.4) is 0 Å². The van der Waals surface area contributed by atoms with Gasteiger partial charge in [-0.25, -0.2) is 9.97 Å². The highest BCUT2D eigenvalue weighted by Gasteiger charge is 2.37. The van der Waals surface area contributed by atoms with Gasteiger partial charge in [0.25, 0.3) is 5.91 Å². The van der Waals surface area contributed by atoms with Gasteiger partial charge >= 0.3 is 0 Å². The molecule has 1 spiro atoms. The Morgan fingerprint density at radius 3 is 2.54 bits per heavy atom. The van der Waals surface area contributed by atoms with E-state index in [4.69, 9.17) is 15.5 Å². The predicted molar refractivity (Wildman–Crippen MR) is 162 cm³/mol. The van der Waals surface area contributed by atoms with Gasteiger partial charge in [0, 0.05) is 41.5 Å². The van der Waals surface area contributed by atoms with Gasteiger partial charge in [-0.2, -0.15) is 4.91 Å². The number of ether oxygens (including phenoxy) is 1. The summed E-state index contributed by atoms with van der Waals surface area (Å²) in [4.78, 5) is 35.0. The van der Waals surface area contributed by atoms with Crippen molar-refractivity contribution in [3.63, 3.8) is 0 Å². The number of anilines is 4. The van der Waals surface area contributed by atoms with Gasteiger partial charge in [-0.3, -0.25) is 4.79 Å². The van der Waals surface area contributed by atoms with E-state index in [1.54, 1.807) is 0 Å². The molecule has 5 rings (SSSR count). The fourth-order valence-electron chi connectivity index (χ4n) is 6.14. The van der Waals surface area contributed by atoms with E-state index in [0.29, 0.717) is 21.8 Å². The Morgan fingerprint density at radius 2 is 1.92 bits per heavy atom. The van der Waals surface area contributed by atoms with Crippen LogP contribution in [0.4, 0.5) is 23.0 Å². The van der Waals surface area contributed by atoms with Gasteiger partial charge in [0.15, 0.2) is 17.3 Å². The Balaban J connectivity index is 1.32. The summed E-state index contributed by atoms with van der Waals surface area (Å²) >= 11 is 2.22. The van der Waals surface area contributed by atoms with Gasteiger partial charge in [-0.15, -0.1) is 0 Å². The molecule has 3 aliphatic rings. The van der Waals surface area contributed by atoms with Crippen molar-refractivity contribution in [1.29, 1.82) is 0 Å². The molecule has 2 aromatic rings. The van der Waals surface area contributed by atoms with E-state index in [-0.39, 0.29) is 23.4 Å². The largest absolute Gasteiger partial charge is 0.375 e. The molecule has 1 aromatic heterocycles. The Morgan fingerprint density at radius 1 is 1.15 bits per heavy atom. The summed E-state index contributed by atoms with van der Waals surface area (Å²) < 4.78 is 6.79. The molecule has 1 aliphatic carbocycles. The van der Waals surface area contributed by atoms with E-state index in [9.17, 15) is 9.70 Å². The van der Waals surface area contributed by atoms with E-state index in [0.717, 1.165) is 69.5 Å². The number of nitrogens with one attached hydrogen (secondary N) is 2. The van der Waals surface area contributed by atoms with Gasteiger partial charge in [0.05, 0.1) is 17.3 Å². The molecule has 3 fully saturated rings. The first kappa shape index (κ1) is 28.0. The monoisotopic (exact) mass is 647 g/mol. The van der Waals surface area contributed by atoms with Gasteiger partial charge < -0.3 is 26.0 Å². The number of alkyl halides is 1. The van der Waals surface area contributed by atoms with E-state index in [2.05, 4.69) is 67.3 Å². The van der Waals surface area contributed by atoms with Crippen LogP contribution in [0.15, 0.2) is 23.4 Å². The number of nitrogens with two attached hydrogens (primary N) is 1. The molecule has 1 saturated carbocycles. The average molecular weight is 648 g/mol. The first-order chi connectivity index (χ1) is 18.9. The molecule has 4 N–H and O–H groups in total. The zero-order chi connectivity index (χ0) is 27.4. The standard InChI is InChI=1S/C28H38IN7O3/c1-18-16-21(8-9-23(18)36-13-11-28(12-14-36)10-2-3-15-39-28)32-27-24(25(30)37)33-22(17-29)26(34-27)31-19-4-6-20(35-38)7-5-19/h8-9,16,19-20H,2-7,10-15,17H2,1H3,(H2,30,37)(H2,31,32,34). The molecule has 2 saturated heterocycles. The van der Waals surface area contributed by atoms with Crippen molar-refractivity contribution in [1.82, 2.24) is 9.97 Å². The summed E-state index contributed by atoms with van der Waals surface area (Å²) in [5.41, 5.74) is 9.78. The highest BCUT2D eigenvalue weighted by atomic mass is 127. The first-order valence-electron chi connectivity index (χ1n) is 14.0. The fraction of sp³-hybridized carbons (Fsp3) is 0.607. The molecule has 0 unspecified atom stereocenters. The lowest BCUT2D eigenvalue weighted by Gasteiger charge is -2.45. The molecule has 0 radical (unpaired) electrons. The van der Waals surface area contributed by atoms with Crippen molar-refractivity contribution >= 4 is 51.5 Å². The van der Waals surface area contributed by atoms with Crippen LogP contribution in [-0.2, 0) is 9.16 Å². The summed E-state index contributed by atoms with van der Waals surface area (Å²) in [6, 6.07) is 6.30. The smallest absolute Gasteiger partial charge is 0.271 e. The van der Waals surface area contributed by atoms with Crippen LogP contribution < -0.4 is 21.3 Å². The maximum absolute atomic E-state index is 12.3. The summed E-state index contributed by atoms with van der Waals surface area (Å²) in [6.07, 6.45) is 8.95. The number of carbonyl (C=O) groups is 1. The second-order valence-corrected chi connectivity index (χ2v) is 11.8. The van der Waals surface area contributed by atoms with Gasteiger partial charge in [0.2, 0.25) is 0 Å². The van der Waals surface area contributed by atoms with Crippen molar-refractivity contribution in [2.45, 2.75) is 86.8 Å². The summed E-state index contributed by atoms with van der Waals surface area (Å²) in [6.45, 7) is 4.98. The molecule has 1 amide bonds. The third kappa shape index (κ3) is 6.45. The molecule has 1 aromatic carbocycles. The number of hydrogen-bond donors (Lipinski definition) is 3. The van der Waals surface area contributed by atoms with Crippen molar-refractivity contribution < 1.29 is 9.53 Å². The molecule has 11 heteroatoms. The third-order valence-corrected chi connectivity index (χ3v) is 9.15. The second-order valence-electron chi connectivity index (χ2n) is 11.1. The molecule has 0 atom stereocenters. The lowest BCUT2D eigenvalue weighted by atomic mass is 9.84. The van der Waals surface area contributed by atoms with E-state index in [1.165, 1.54) is 24.9 Å². The van der Waals surface area contributed by atoms with Crippen molar-refractivity contribution in [2.75, 3.05) is 35.2 Å². The third-order valence-electron chi connectivity index (χ3n) is 8.42. The number of halogens is 1.